The van der Waals surface area contributed by atoms with Gasteiger partial charge in [-0.3, -0.25) is 0 Å². The average Bonchev–Trinajstić information content (AvgIpc) is 2.22. The molecule has 0 aliphatic carbocycles. The summed E-state index contributed by atoms with van der Waals surface area (Å²) in [5, 5.41) is 19.3. The lowest BCUT2D eigenvalue weighted by Crippen LogP contribution is -2.12. The molecule has 7 heteroatoms. The van der Waals surface area contributed by atoms with Crippen molar-refractivity contribution in [3.8, 4) is 0 Å². The topological polar surface area (TPSA) is 86.6 Å². The van der Waals surface area contributed by atoms with Gasteiger partial charge in [0.2, 0.25) is 0 Å². The number of carboxylic acid groups (broad SMARTS) is 2. The average molecular weight is 260 g/mol. The number of hydrogen-bond donors (Lipinski definition) is 3. The predicted octanol–water partition coefficient (Wildman–Crippen LogP) is 1.94. The third-order valence-electron chi connectivity index (χ3n) is 1.76. The van der Waals surface area contributed by atoms with E-state index in [1.54, 1.807) is 0 Å². The second-order valence-electron chi connectivity index (χ2n) is 2.94. The van der Waals surface area contributed by atoms with E-state index in [0.29, 0.717) is 0 Å². The van der Waals surface area contributed by atoms with Crippen LogP contribution in [-0.2, 0) is 9.59 Å². The van der Waals surface area contributed by atoms with Crippen molar-refractivity contribution in [2.75, 3.05) is 5.32 Å². The lowest BCUT2D eigenvalue weighted by atomic mass is 10.3. The Morgan fingerprint density at radius 2 is 1.88 bits per heavy atom. The largest absolute Gasteiger partial charge is 0.477 e. The lowest BCUT2D eigenvalue weighted by Gasteiger charge is -2.03. The first-order valence-electron chi connectivity index (χ1n) is 4.30. The SMILES string of the molecule is O=C(O)C(=CNc1ccc(F)c(Cl)c1)C(=O)O. The van der Waals surface area contributed by atoms with E-state index in [0.717, 1.165) is 12.3 Å². The first-order chi connectivity index (χ1) is 7.91. The zero-order valence-corrected chi connectivity index (χ0v) is 9.03. The number of rotatable bonds is 4. The number of anilines is 1. The van der Waals surface area contributed by atoms with Crippen LogP contribution in [0.3, 0.4) is 0 Å². The van der Waals surface area contributed by atoms with Gasteiger partial charge in [0.05, 0.1) is 5.02 Å². The molecule has 0 aliphatic rings. The van der Waals surface area contributed by atoms with Crippen molar-refractivity contribution in [2.24, 2.45) is 0 Å². The molecule has 0 spiro atoms. The maximum Gasteiger partial charge on any atom is 0.344 e. The van der Waals surface area contributed by atoms with Crippen molar-refractivity contribution in [1.82, 2.24) is 0 Å². The van der Waals surface area contributed by atoms with Gasteiger partial charge in [0.15, 0.2) is 5.57 Å². The second kappa shape index (κ2) is 5.31. The molecule has 0 radical (unpaired) electrons. The molecule has 5 nitrogen and oxygen atoms in total. The maximum atomic E-state index is 12.8. The van der Waals surface area contributed by atoms with E-state index in [4.69, 9.17) is 21.8 Å². The molecule has 0 heterocycles. The summed E-state index contributed by atoms with van der Waals surface area (Å²) in [6.45, 7) is 0. The highest BCUT2D eigenvalue weighted by Crippen LogP contribution is 2.19. The molecule has 90 valence electrons. The van der Waals surface area contributed by atoms with Crippen molar-refractivity contribution in [3.05, 3.63) is 40.8 Å². The normalized spacial score (nSPS) is 9.53. The van der Waals surface area contributed by atoms with Gasteiger partial charge < -0.3 is 15.5 Å². The molecule has 3 N–H and O–H groups in total. The Hall–Kier alpha value is -2.08. The molecule has 1 aromatic rings. The highest BCUT2D eigenvalue weighted by atomic mass is 35.5. The highest BCUT2D eigenvalue weighted by Gasteiger charge is 2.15. The molecular weight excluding hydrogens is 253 g/mol. The minimum atomic E-state index is -1.58. The lowest BCUT2D eigenvalue weighted by molar-refractivity contribution is -0.140. The van der Waals surface area contributed by atoms with E-state index in [9.17, 15) is 14.0 Å². The quantitative estimate of drug-likeness (QED) is 0.437. The van der Waals surface area contributed by atoms with Crippen LogP contribution in [0.25, 0.3) is 0 Å². The van der Waals surface area contributed by atoms with Crippen LogP contribution in [0.1, 0.15) is 0 Å². The molecule has 0 saturated heterocycles. The summed E-state index contributed by atoms with van der Waals surface area (Å²) in [4.78, 5) is 21.0. The molecule has 1 rings (SSSR count). The van der Waals surface area contributed by atoms with Crippen molar-refractivity contribution in [2.45, 2.75) is 0 Å². The predicted molar refractivity (Wildman–Crippen MR) is 58.4 cm³/mol. The number of nitrogens with one attached hydrogen (secondary N) is 1. The Labute approximate surface area is 100 Å². The fourth-order valence-electron chi connectivity index (χ4n) is 0.956. The number of benzene rings is 1. The summed E-state index contributed by atoms with van der Waals surface area (Å²) >= 11 is 5.49. The van der Waals surface area contributed by atoms with Gasteiger partial charge in [-0.2, -0.15) is 0 Å². The molecule has 0 fully saturated rings. The Balaban J connectivity index is 2.91. The van der Waals surface area contributed by atoms with Gasteiger partial charge in [-0.05, 0) is 18.2 Å². The van der Waals surface area contributed by atoms with Crippen LogP contribution in [0, 0.1) is 5.82 Å². The van der Waals surface area contributed by atoms with Crippen LogP contribution in [0.5, 0.6) is 0 Å². The molecule has 0 aliphatic heterocycles. The van der Waals surface area contributed by atoms with Crippen LogP contribution < -0.4 is 5.32 Å². The maximum absolute atomic E-state index is 12.8. The zero-order valence-electron chi connectivity index (χ0n) is 8.28. The van der Waals surface area contributed by atoms with Gasteiger partial charge in [0.25, 0.3) is 0 Å². The molecule has 17 heavy (non-hydrogen) atoms. The Morgan fingerprint density at radius 3 is 2.35 bits per heavy atom. The summed E-state index contributed by atoms with van der Waals surface area (Å²) < 4.78 is 12.8. The zero-order chi connectivity index (χ0) is 13.0. The van der Waals surface area contributed by atoms with Crippen LogP contribution in [-0.4, -0.2) is 22.2 Å². The monoisotopic (exact) mass is 259 g/mol. The summed E-state index contributed by atoms with van der Waals surface area (Å²) in [7, 11) is 0. The van der Waals surface area contributed by atoms with Crippen LogP contribution in [0.4, 0.5) is 10.1 Å². The van der Waals surface area contributed by atoms with E-state index in [-0.39, 0.29) is 10.7 Å². The molecule has 0 bridgehead atoms. The number of aliphatic carboxylic acids is 2. The molecule has 0 amide bonds. The van der Waals surface area contributed by atoms with Gasteiger partial charge in [-0.25, -0.2) is 14.0 Å². The van der Waals surface area contributed by atoms with E-state index < -0.39 is 23.3 Å². The molecule has 1 aromatic carbocycles. The Kier molecular flexibility index (Phi) is 4.06. The molecule has 0 saturated carbocycles. The van der Waals surface area contributed by atoms with Crippen molar-refractivity contribution in [1.29, 1.82) is 0 Å². The second-order valence-corrected chi connectivity index (χ2v) is 3.35. The van der Waals surface area contributed by atoms with E-state index >= 15 is 0 Å². The summed E-state index contributed by atoms with van der Waals surface area (Å²) in [5.74, 6) is -3.80. The first-order valence-corrected chi connectivity index (χ1v) is 4.68. The van der Waals surface area contributed by atoms with Gasteiger partial charge in [0.1, 0.15) is 5.82 Å². The standard InChI is InChI=1S/C10H7ClFNO4/c11-7-3-5(1-2-8(7)12)13-4-6(9(14)15)10(16)17/h1-4,13H,(H,14,15)(H,16,17). The van der Waals surface area contributed by atoms with Crippen LogP contribution >= 0.6 is 11.6 Å². The van der Waals surface area contributed by atoms with Crippen molar-refractivity contribution in [3.63, 3.8) is 0 Å². The summed E-state index contributed by atoms with van der Waals surface area (Å²) in [5.41, 5.74) is -0.568. The highest BCUT2D eigenvalue weighted by molar-refractivity contribution is 6.31. The van der Waals surface area contributed by atoms with Crippen LogP contribution in [0.15, 0.2) is 30.0 Å². The first kappa shape index (κ1) is 13.0. The minimum absolute atomic E-state index is 0.157. The molecule has 0 atom stereocenters. The molecular formula is C10H7ClFNO4. The van der Waals surface area contributed by atoms with Gasteiger partial charge in [0, 0.05) is 11.9 Å². The molecule has 0 aromatic heterocycles. The van der Waals surface area contributed by atoms with Gasteiger partial charge in [-0.1, -0.05) is 11.6 Å². The van der Waals surface area contributed by atoms with Gasteiger partial charge in [-0.15, -0.1) is 0 Å². The summed E-state index contributed by atoms with van der Waals surface area (Å²) in [6.07, 6.45) is 0.786. The Morgan fingerprint density at radius 1 is 1.29 bits per heavy atom. The van der Waals surface area contributed by atoms with E-state index in [1.165, 1.54) is 12.1 Å². The van der Waals surface area contributed by atoms with Crippen LogP contribution in [0.2, 0.25) is 5.02 Å². The number of carboxylic acids is 2. The smallest absolute Gasteiger partial charge is 0.344 e. The van der Waals surface area contributed by atoms with E-state index in [1.807, 2.05) is 0 Å². The van der Waals surface area contributed by atoms with E-state index in [2.05, 4.69) is 5.32 Å². The number of carbonyl (C=O) groups is 2. The van der Waals surface area contributed by atoms with Crippen molar-refractivity contribution < 1.29 is 24.2 Å². The summed E-state index contributed by atoms with van der Waals surface area (Å²) in [6, 6.07) is 3.56. The third-order valence-corrected chi connectivity index (χ3v) is 2.05. The number of halogens is 2. The third kappa shape index (κ3) is 3.46. The minimum Gasteiger partial charge on any atom is -0.477 e. The fraction of sp³-hybridized carbons (Fsp3) is 0. The fourth-order valence-corrected chi connectivity index (χ4v) is 1.14. The molecule has 0 unspecified atom stereocenters. The Bertz CT molecular complexity index is 485. The van der Waals surface area contributed by atoms with Gasteiger partial charge >= 0.3 is 11.9 Å². The van der Waals surface area contributed by atoms with Crippen molar-refractivity contribution >= 4 is 29.2 Å². The number of hydrogen-bond acceptors (Lipinski definition) is 3.